The first-order valence-electron chi connectivity index (χ1n) is 7.81. The minimum Gasteiger partial charge on any atom is -0.335 e. The Kier molecular flexibility index (Phi) is 3.39. The first-order valence-corrected chi connectivity index (χ1v) is 7.81. The number of benzene rings is 1. The number of pyridine rings is 1. The number of likely N-dealkylation sites (tertiary alicyclic amines) is 1. The summed E-state index contributed by atoms with van der Waals surface area (Å²) in [7, 11) is 0. The molecule has 1 aromatic heterocycles. The van der Waals surface area contributed by atoms with E-state index >= 15 is 0 Å². The van der Waals surface area contributed by atoms with Crippen LogP contribution in [-0.2, 0) is 13.0 Å². The van der Waals surface area contributed by atoms with Crippen molar-refractivity contribution in [2.75, 3.05) is 19.6 Å². The van der Waals surface area contributed by atoms with Crippen molar-refractivity contribution in [2.24, 2.45) is 0 Å². The van der Waals surface area contributed by atoms with Crippen LogP contribution in [-0.4, -0.2) is 46.4 Å². The van der Waals surface area contributed by atoms with Crippen molar-refractivity contribution in [1.29, 1.82) is 0 Å². The largest absolute Gasteiger partial charge is 0.335 e. The van der Waals surface area contributed by atoms with E-state index in [1.807, 2.05) is 17.0 Å². The normalized spacial score (nSPS) is 18.6. The number of carbonyl (C=O) groups is 1. The lowest BCUT2D eigenvalue weighted by molar-refractivity contribution is 0.0218. The molecule has 4 rings (SSSR count). The van der Waals surface area contributed by atoms with Crippen LogP contribution in [0.5, 0.6) is 0 Å². The van der Waals surface area contributed by atoms with Crippen LogP contribution in [0.25, 0.3) is 0 Å². The van der Waals surface area contributed by atoms with Gasteiger partial charge in [0.2, 0.25) is 0 Å². The van der Waals surface area contributed by atoms with Crippen molar-refractivity contribution < 1.29 is 4.79 Å². The standard InChI is InChI=1S/C18H19N3O/c22-18(15-6-3-8-19-10-15)21-12-17(13-21)20-9-7-14-4-1-2-5-16(14)11-20/h1-6,8,10,17H,7,9,11-13H2. The SMILES string of the molecule is O=C(c1cccnc1)N1CC(N2CCc3ccccc3C2)C1. The summed E-state index contributed by atoms with van der Waals surface area (Å²) in [5, 5.41) is 0. The van der Waals surface area contributed by atoms with Crippen LogP contribution >= 0.6 is 0 Å². The molecule has 22 heavy (non-hydrogen) atoms. The Morgan fingerprint density at radius 1 is 1.09 bits per heavy atom. The third-order valence-corrected chi connectivity index (χ3v) is 4.73. The van der Waals surface area contributed by atoms with Gasteiger partial charge in [0.05, 0.1) is 5.56 Å². The van der Waals surface area contributed by atoms with Gasteiger partial charge in [0.1, 0.15) is 0 Å². The number of hydrogen-bond acceptors (Lipinski definition) is 3. The average molecular weight is 293 g/mol. The minimum absolute atomic E-state index is 0.0989. The molecule has 1 saturated heterocycles. The molecule has 3 heterocycles. The summed E-state index contributed by atoms with van der Waals surface area (Å²) in [6.45, 7) is 3.76. The van der Waals surface area contributed by atoms with Crippen molar-refractivity contribution in [3.8, 4) is 0 Å². The van der Waals surface area contributed by atoms with Crippen LogP contribution in [0.4, 0.5) is 0 Å². The van der Waals surface area contributed by atoms with Gasteiger partial charge in [0.25, 0.3) is 5.91 Å². The first-order chi connectivity index (χ1) is 10.8. The minimum atomic E-state index is 0.0989. The fraction of sp³-hybridized carbons (Fsp3) is 0.333. The molecule has 2 aliphatic heterocycles. The number of hydrogen-bond donors (Lipinski definition) is 0. The van der Waals surface area contributed by atoms with Gasteiger partial charge in [0, 0.05) is 44.6 Å². The molecule has 112 valence electrons. The van der Waals surface area contributed by atoms with E-state index in [1.165, 1.54) is 11.1 Å². The number of carbonyl (C=O) groups excluding carboxylic acids is 1. The Bertz CT molecular complexity index is 680. The van der Waals surface area contributed by atoms with Gasteiger partial charge in [-0.05, 0) is 29.7 Å². The summed E-state index contributed by atoms with van der Waals surface area (Å²) in [6.07, 6.45) is 4.46. The van der Waals surface area contributed by atoms with Crippen molar-refractivity contribution >= 4 is 5.91 Å². The second-order valence-corrected chi connectivity index (χ2v) is 6.09. The zero-order chi connectivity index (χ0) is 14.9. The van der Waals surface area contributed by atoms with E-state index in [9.17, 15) is 4.79 Å². The van der Waals surface area contributed by atoms with Crippen molar-refractivity contribution in [2.45, 2.75) is 19.0 Å². The predicted molar refractivity (Wildman–Crippen MR) is 84.5 cm³/mol. The quantitative estimate of drug-likeness (QED) is 0.849. The topological polar surface area (TPSA) is 36.4 Å². The van der Waals surface area contributed by atoms with Crippen molar-refractivity contribution in [1.82, 2.24) is 14.8 Å². The Balaban J connectivity index is 1.37. The van der Waals surface area contributed by atoms with Gasteiger partial charge < -0.3 is 4.90 Å². The van der Waals surface area contributed by atoms with Crippen LogP contribution in [0.15, 0.2) is 48.8 Å². The maximum atomic E-state index is 12.3. The Hall–Kier alpha value is -2.20. The molecule has 0 radical (unpaired) electrons. The van der Waals surface area contributed by atoms with Gasteiger partial charge in [0.15, 0.2) is 0 Å². The molecule has 0 saturated carbocycles. The molecule has 0 bridgehead atoms. The molecule has 0 N–H and O–H groups in total. The second kappa shape index (κ2) is 5.54. The summed E-state index contributed by atoms with van der Waals surface area (Å²) in [5.74, 6) is 0.0989. The van der Waals surface area contributed by atoms with E-state index in [2.05, 4.69) is 34.1 Å². The molecule has 4 heteroatoms. The Morgan fingerprint density at radius 3 is 2.68 bits per heavy atom. The fourth-order valence-electron chi connectivity index (χ4n) is 3.35. The highest BCUT2D eigenvalue weighted by molar-refractivity contribution is 5.94. The number of nitrogens with zero attached hydrogens (tertiary/aromatic N) is 3. The van der Waals surface area contributed by atoms with Crippen LogP contribution in [0.1, 0.15) is 21.5 Å². The fourth-order valence-corrected chi connectivity index (χ4v) is 3.35. The molecule has 2 aliphatic rings. The van der Waals surface area contributed by atoms with Gasteiger partial charge in [-0.1, -0.05) is 24.3 Å². The predicted octanol–water partition coefficient (Wildman–Crippen LogP) is 1.96. The number of rotatable bonds is 2. The average Bonchev–Trinajstić information content (AvgIpc) is 2.54. The van der Waals surface area contributed by atoms with Crippen molar-refractivity contribution in [3.63, 3.8) is 0 Å². The maximum Gasteiger partial charge on any atom is 0.255 e. The lowest BCUT2D eigenvalue weighted by atomic mass is 9.96. The van der Waals surface area contributed by atoms with E-state index in [0.717, 1.165) is 32.6 Å². The van der Waals surface area contributed by atoms with Crippen LogP contribution in [0.3, 0.4) is 0 Å². The first kappa shape index (κ1) is 13.5. The summed E-state index contributed by atoms with van der Waals surface area (Å²) in [5.41, 5.74) is 3.59. The smallest absolute Gasteiger partial charge is 0.255 e. The maximum absolute atomic E-state index is 12.3. The molecule has 0 atom stereocenters. The molecule has 1 amide bonds. The number of aromatic nitrogens is 1. The number of fused-ring (bicyclic) bond motifs is 1. The highest BCUT2D eigenvalue weighted by Crippen LogP contribution is 2.25. The van der Waals surface area contributed by atoms with Gasteiger partial charge >= 0.3 is 0 Å². The third kappa shape index (κ3) is 2.40. The Morgan fingerprint density at radius 2 is 1.91 bits per heavy atom. The summed E-state index contributed by atoms with van der Waals surface area (Å²) < 4.78 is 0. The van der Waals surface area contributed by atoms with Crippen LogP contribution in [0.2, 0.25) is 0 Å². The van der Waals surface area contributed by atoms with E-state index in [1.54, 1.807) is 12.4 Å². The van der Waals surface area contributed by atoms with Crippen molar-refractivity contribution in [3.05, 3.63) is 65.5 Å². The molecule has 1 aromatic carbocycles. The zero-order valence-electron chi connectivity index (χ0n) is 12.5. The molecule has 1 fully saturated rings. The summed E-state index contributed by atoms with van der Waals surface area (Å²) in [6, 6.07) is 12.8. The van der Waals surface area contributed by atoms with E-state index < -0.39 is 0 Å². The Labute approximate surface area is 130 Å². The van der Waals surface area contributed by atoms with E-state index in [0.29, 0.717) is 11.6 Å². The lowest BCUT2D eigenvalue weighted by Gasteiger charge is -2.46. The van der Waals surface area contributed by atoms with Gasteiger partial charge in [-0.3, -0.25) is 14.7 Å². The van der Waals surface area contributed by atoms with Gasteiger partial charge in [-0.2, -0.15) is 0 Å². The highest BCUT2D eigenvalue weighted by Gasteiger charge is 2.36. The molecule has 4 nitrogen and oxygen atoms in total. The molecular formula is C18H19N3O. The molecule has 0 unspecified atom stereocenters. The van der Waals surface area contributed by atoms with Gasteiger partial charge in [-0.15, -0.1) is 0 Å². The zero-order valence-corrected chi connectivity index (χ0v) is 12.5. The summed E-state index contributed by atoms with van der Waals surface area (Å²) >= 11 is 0. The molecule has 0 aliphatic carbocycles. The van der Waals surface area contributed by atoms with E-state index in [4.69, 9.17) is 0 Å². The lowest BCUT2D eigenvalue weighted by Crippen LogP contribution is -2.61. The number of amides is 1. The van der Waals surface area contributed by atoms with Crippen LogP contribution < -0.4 is 0 Å². The third-order valence-electron chi connectivity index (χ3n) is 4.73. The molecule has 2 aromatic rings. The van der Waals surface area contributed by atoms with Gasteiger partial charge in [-0.25, -0.2) is 0 Å². The highest BCUT2D eigenvalue weighted by atomic mass is 16.2. The molecular weight excluding hydrogens is 274 g/mol. The summed E-state index contributed by atoms with van der Waals surface area (Å²) in [4.78, 5) is 20.8. The van der Waals surface area contributed by atoms with Crippen LogP contribution in [0, 0.1) is 0 Å². The monoisotopic (exact) mass is 293 g/mol. The second-order valence-electron chi connectivity index (χ2n) is 6.09. The molecule has 0 spiro atoms. The van der Waals surface area contributed by atoms with E-state index in [-0.39, 0.29) is 5.91 Å².